The highest BCUT2D eigenvalue weighted by Crippen LogP contribution is 2.35. The minimum absolute atomic E-state index is 0.390. The number of halogens is 2. The summed E-state index contributed by atoms with van der Waals surface area (Å²) < 4.78 is 28.8. The van der Waals surface area contributed by atoms with Crippen molar-refractivity contribution in [2.24, 2.45) is 5.73 Å². The van der Waals surface area contributed by atoms with E-state index in [0.717, 1.165) is 34.3 Å². The van der Waals surface area contributed by atoms with Crippen molar-refractivity contribution in [1.82, 2.24) is 14.6 Å². The van der Waals surface area contributed by atoms with E-state index < -0.39 is 11.6 Å². The predicted molar refractivity (Wildman–Crippen MR) is 91.7 cm³/mol. The fourth-order valence-electron chi connectivity index (χ4n) is 2.86. The molecule has 0 fully saturated rings. The molecule has 4 nitrogen and oxygen atoms in total. The molecule has 0 unspecified atom stereocenters. The van der Waals surface area contributed by atoms with Gasteiger partial charge in [0.1, 0.15) is 5.69 Å². The Morgan fingerprint density at radius 2 is 1.72 bits per heavy atom. The summed E-state index contributed by atoms with van der Waals surface area (Å²) in [6.07, 6.45) is 5.20. The SMILES string of the molecule is NCc1ccc2c(-c3ccncc3)c(-c3ccc(F)c(F)c3)nn2c1. The van der Waals surface area contributed by atoms with Gasteiger partial charge in [0.2, 0.25) is 0 Å². The Bertz CT molecular complexity index is 1060. The maximum Gasteiger partial charge on any atom is 0.159 e. The number of benzene rings is 1. The number of fused-ring (bicyclic) bond motifs is 1. The van der Waals surface area contributed by atoms with Gasteiger partial charge in [-0.15, -0.1) is 0 Å². The molecule has 0 amide bonds. The summed E-state index contributed by atoms with van der Waals surface area (Å²) in [5.74, 6) is -1.79. The van der Waals surface area contributed by atoms with Crippen LogP contribution >= 0.6 is 0 Å². The Morgan fingerprint density at radius 1 is 0.920 bits per heavy atom. The minimum Gasteiger partial charge on any atom is -0.326 e. The van der Waals surface area contributed by atoms with E-state index in [1.807, 2.05) is 30.5 Å². The first-order chi connectivity index (χ1) is 12.2. The zero-order chi connectivity index (χ0) is 17.4. The Hall–Kier alpha value is -3.12. The van der Waals surface area contributed by atoms with Crippen molar-refractivity contribution < 1.29 is 8.78 Å². The van der Waals surface area contributed by atoms with Gasteiger partial charge in [-0.2, -0.15) is 5.10 Å². The Balaban J connectivity index is 2.03. The molecule has 3 aromatic heterocycles. The molecular weight excluding hydrogens is 322 g/mol. The van der Waals surface area contributed by atoms with Crippen LogP contribution in [0, 0.1) is 11.6 Å². The van der Waals surface area contributed by atoms with Crippen LogP contribution in [0.5, 0.6) is 0 Å². The Morgan fingerprint density at radius 3 is 2.44 bits per heavy atom. The number of hydrogen-bond acceptors (Lipinski definition) is 3. The number of hydrogen-bond donors (Lipinski definition) is 1. The smallest absolute Gasteiger partial charge is 0.159 e. The molecule has 4 rings (SSSR count). The van der Waals surface area contributed by atoms with Crippen molar-refractivity contribution in [3.05, 3.63) is 78.3 Å². The molecule has 0 bridgehead atoms. The highest BCUT2D eigenvalue weighted by atomic mass is 19.2. The van der Waals surface area contributed by atoms with Crippen LogP contribution in [-0.4, -0.2) is 14.6 Å². The molecule has 124 valence electrons. The zero-order valence-corrected chi connectivity index (χ0v) is 13.2. The van der Waals surface area contributed by atoms with Crippen LogP contribution in [-0.2, 0) is 6.54 Å². The summed E-state index contributed by atoms with van der Waals surface area (Å²) in [4.78, 5) is 4.04. The predicted octanol–water partition coefficient (Wildman–Crippen LogP) is 3.80. The van der Waals surface area contributed by atoms with Crippen molar-refractivity contribution in [2.75, 3.05) is 0 Å². The van der Waals surface area contributed by atoms with Gasteiger partial charge in [-0.05, 0) is 47.5 Å². The number of pyridine rings is 2. The van der Waals surface area contributed by atoms with Crippen molar-refractivity contribution in [1.29, 1.82) is 0 Å². The van der Waals surface area contributed by atoms with Gasteiger partial charge >= 0.3 is 0 Å². The van der Waals surface area contributed by atoms with Crippen LogP contribution in [0.3, 0.4) is 0 Å². The third-order valence-electron chi connectivity index (χ3n) is 4.09. The van der Waals surface area contributed by atoms with Crippen LogP contribution in [0.15, 0.2) is 61.1 Å². The maximum atomic E-state index is 13.7. The lowest BCUT2D eigenvalue weighted by Gasteiger charge is -2.04. The van der Waals surface area contributed by atoms with E-state index >= 15 is 0 Å². The molecule has 2 N–H and O–H groups in total. The van der Waals surface area contributed by atoms with Gasteiger partial charge in [0.25, 0.3) is 0 Å². The van der Waals surface area contributed by atoms with Crippen molar-refractivity contribution >= 4 is 5.52 Å². The first-order valence-corrected chi connectivity index (χ1v) is 7.74. The lowest BCUT2D eigenvalue weighted by Crippen LogP contribution is -1.98. The minimum atomic E-state index is -0.905. The summed E-state index contributed by atoms with van der Waals surface area (Å²) in [5.41, 5.74) is 10.3. The monoisotopic (exact) mass is 336 g/mol. The molecule has 0 saturated carbocycles. The van der Waals surface area contributed by atoms with Crippen LogP contribution in [0.1, 0.15) is 5.56 Å². The van der Waals surface area contributed by atoms with Gasteiger partial charge in [-0.3, -0.25) is 4.98 Å². The molecule has 0 aliphatic heterocycles. The van der Waals surface area contributed by atoms with Gasteiger partial charge in [-0.25, -0.2) is 13.3 Å². The average Bonchev–Trinajstić information content (AvgIpc) is 3.03. The summed E-state index contributed by atoms with van der Waals surface area (Å²) in [6.45, 7) is 0.390. The van der Waals surface area contributed by atoms with Crippen LogP contribution < -0.4 is 5.73 Å². The maximum absolute atomic E-state index is 13.7. The van der Waals surface area contributed by atoms with Crippen molar-refractivity contribution in [3.63, 3.8) is 0 Å². The second kappa shape index (κ2) is 6.07. The molecule has 0 atom stereocenters. The summed E-state index contributed by atoms with van der Waals surface area (Å²) in [6, 6.07) is 11.4. The van der Waals surface area contributed by atoms with E-state index in [1.54, 1.807) is 16.9 Å². The molecule has 3 heterocycles. The van der Waals surface area contributed by atoms with E-state index in [1.165, 1.54) is 6.07 Å². The highest BCUT2D eigenvalue weighted by molar-refractivity contribution is 5.92. The van der Waals surface area contributed by atoms with Crippen LogP contribution in [0.4, 0.5) is 8.78 Å². The van der Waals surface area contributed by atoms with E-state index in [9.17, 15) is 8.78 Å². The molecule has 4 aromatic rings. The number of nitrogens with two attached hydrogens (primary N) is 1. The second-order valence-corrected chi connectivity index (χ2v) is 5.66. The second-order valence-electron chi connectivity index (χ2n) is 5.66. The number of aromatic nitrogens is 3. The number of nitrogens with zero attached hydrogens (tertiary/aromatic N) is 3. The van der Waals surface area contributed by atoms with Gasteiger partial charge in [0.05, 0.1) is 5.52 Å². The summed E-state index contributed by atoms with van der Waals surface area (Å²) >= 11 is 0. The first kappa shape index (κ1) is 15.4. The van der Waals surface area contributed by atoms with Gasteiger partial charge < -0.3 is 5.73 Å². The average molecular weight is 336 g/mol. The van der Waals surface area contributed by atoms with Gasteiger partial charge in [-0.1, -0.05) is 6.07 Å². The highest BCUT2D eigenvalue weighted by Gasteiger charge is 2.17. The third-order valence-corrected chi connectivity index (χ3v) is 4.09. The Labute approximate surface area is 142 Å². The number of rotatable bonds is 3. The topological polar surface area (TPSA) is 56.2 Å². The fourth-order valence-corrected chi connectivity index (χ4v) is 2.86. The summed E-state index contributed by atoms with van der Waals surface area (Å²) in [7, 11) is 0. The summed E-state index contributed by atoms with van der Waals surface area (Å²) in [5, 5.41) is 4.59. The standard InChI is InChI=1S/C19H14F2N4/c20-15-3-2-14(9-16(15)21)19-18(13-5-7-23-8-6-13)17-4-1-12(10-22)11-25(17)24-19/h1-9,11H,10,22H2. The molecular formula is C19H14F2N4. The van der Waals surface area contributed by atoms with E-state index in [0.29, 0.717) is 17.8 Å². The molecule has 0 aliphatic carbocycles. The third kappa shape index (κ3) is 2.66. The van der Waals surface area contributed by atoms with E-state index in [-0.39, 0.29) is 0 Å². The lowest BCUT2D eigenvalue weighted by molar-refractivity contribution is 0.509. The van der Waals surface area contributed by atoms with E-state index in [2.05, 4.69) is 10.1 Å². The molecule has 1 aromatic carbocycles. The molecule has 0 radical (unpaired) electrons. The van der Waals surface area contributed by atoms with Gasteiger partial charge in [0.15, 0.2) is 11.6 Å². The zero-order valence-electron chi connectivity index (χ0n) is 13.2. The van der Waals surface area contributed by atoms with Crippen molar-refractivity contribution in [3.8, 4) is 22.4 Å². The van der Waals surface area contributed by atoms with Crippen LogP contribution in [0.2, 0.25) is 0 Å². The Kier molecular flexibility index (Phi) is 3.74. The lowest BCUT2D eigenvalue weighted by atomic mass is 10.0. The van der Waals surface area contributed by atoms with Gasteiger partial charge in [0, 0.05) is 36.3 Å². The molecule has 0 aliphatic rings. The fraction of sp³-hybridized carbons (Fsp3) is 0.0526. The molecule has 6 heteroatoms. The normalized spacial score (nSPS) is 11.2. The van der Waals surface area contributed by atoms with Crippen LogP contribution in [0.25, 0.3) is 27.9 Å². The van der Waals surface area contributed by atoms with E-state index in [4.69, 9.17) is 5.73 Å². The first-order valence-electron chi connectivity index (χ1n) is 7.74. The largest absolute Gasteiger partial charge is 0.326 e. The quantitative estimate of drug-likeness (QED) is 0.619. The molecule has 0 spiro atoms. The molecule has 25 heavy (non-hydrogen) atoms. The molecule has 0 saturated heterocycles. The van der Waals surface area contributed by atoms with Crippen molar-refractivity contribution in [2.45, 2.75) is 6.54 Å².